The first-order valence-corrected chi connectivity index (χ1v) is 11.3. The first-order chi connectivity index (χ1) is 14.1. The molecule has 0 radical (unpaired) electrons. The first-order valence-electron chi connectivity index (χ1n) is 11.3. The highest BCUT2D eigenvalue weighted by Gasteiger charge is 2.40. The number of hydrogen-bond acceptors (Lipinski definition) is 4. The van der Waals surface area contributed by atoms with Crippen LogP contribution in [0.15, 0.2) is 35.3 Å². The second-order valence-electron chi connectivity index (χ2n) is 9.21. The third kappa shape index (κ3) is 5.87. The monoisotopic (exact) mass is 526 g/mol. The summed E-state index contributed by atoms with van der Waals surface area (Å²) in [5.41, 5.74) is 1.44. The van der Waals surface area contributed by atoms with Gasteiger partial charge in [0.25, 0.3) is 0 Å². The number of hydrogen-bond donors (Lipinski definition) is 2. The third-order valence-electron chi connectivity index (χ3n) is 7.14. The van der Waals surface area contributed by atoms with Gasteiger partial charge in [-0.1, -0.05) is 30.3 Å². The molecular weight excluding hydrogens is 487 g/mol. The zero-order valence-corrected chi connectivity index (χ0v) is 21.1. The van der Waals surface area contributed by atoms with E-state index in [4.69, 9.17) is 0 Å². The molecule has 3 atom stereocenters. The minimum Gasteiger partial charge on any atom is -0.355 e. The van der Waals surface area contributed by atoms with E-state index in [1.54, 1.807) is 0 Å². The van der Waals surface area contributed by atoms with E-state index >= 15 is 0 Å². The number of likely N-dealkylation sites (N-methyl/N-ethyl adjacent to an activating group) is 2. The lowest BCUT2D eigenvalue weighted by molar-refractivity contribution is 0.112. The standard InChI is InChI=1S/C23H38N6.HI/c1-24-23(25-15-22-17-27(2)11-12-28(22)3)26-19-13-20-9-10-21(14-19)29(20)16-18-7-5-4-6-8-18;/h4-8,19-22H,9-17H2,1-3H3,(H2,24,25,26);1H. The molecule has 1 aromatic rings. The first kappa shape index (κ1) is 23.8. The summed E-state index contributed by atoms with van der Waals surface area (Å²) in [4.78, 5) is 12.1. The molecule has 2 bridgehead atoms. The average molecular weight is 527 g/mol. The van der Waals surface area contributed by atoms with E-state index in [2.05, 4.69) is 74.8 Å². The van der Waals surface area contributed by atoms with Crippen LogP contribution in [-0.4, -0.2) is 92.1 Å². The van der Waals surface area contributed by atoms with E-state index in [-0.39, 0.29) is 24.0 Å². The molecule has 3 aliphatic heterocycles. The number of guanidine groups is 1. The summed E-state index contributed by atoms with van der Waals surface area (Å²) >= 11 is 0. The van der Waals surface area contributed by atoms with Crippen LogP contribution in [0.1, 0.15) is 31.2 Å². The fourth-order valence-corrected chi connectivity index (χ4v) is 5.37. The summed E-state index contributed by atoms with van der Waals surface area (Å²) < 4.78 is 0. The van der Waals surface area contributed by atoms with Gasteiger partial charge in [0.05, 0.1) is 0 Å². The van der Waals surface area contributed by atoms with Crippen molar-refractivity contribution in [3.63, 3.8) is 0 Å². The summed E-state index contributed by atoms with van der Waals surface area (Å²) in [6.07, 6.45) is 5.11. The maximum atomic E-state index is 4.52. The second-order valence-corrected chi connectivity index (χ2v) is 9.21. The van der Waals surface area contributed by atoms with Crippen LogP contribution in [0.5, 0.6) is 0 Å². The number of piperazine rings is 1. The molecule has 2 N–H and O–H groups in total. The van der Waals surface area contributed by atoms with Gasteiger partial charge in [-0.05, 0) is 45.3 Å². The second kappa shape index (κ2) is 11.1. The maximum absolute atomic E-state index is 4.52. The van der Waals surface area contributed by atoms with Gasteiger partial charge in [0, 0.05) is 63.9 Å². The predicted molar refractivity (Wildman–Crippen MR) is 136 cm³/mol. The number of nitrogens with zero attached hydrogens (tertiary/aromatic N) is 4. The summed E-state index contributed by atoms with van der Waals surface area (Å²) in [5, 5.41) is 7.33. The van der Waals surface area contributed by atoms with Crippen LogP contribution < -0.4 is 10.6 Å². The Balaban J connectivity index is 0.00000256. The number of nitrogens with one attached hydrogen (secondary N) is 2. The van der Waals surface area contributed by atoms with Crippen molar-refractivity contribution in [1.82, 2.24) is 25.3 Å². The molecule has 7 heteroatoms. The summed E-state index contributed by atoms with van der Waals surface area (Å²) in [6.45, 7) is 5.45. The van der Waals surface area contributed by atoms with Gasteiger partial charge in [0.15, 0.2) is 5.96 Å². The summed E-state index contributed by atoms with van der Waals surface area (Å²) in [6, 6.07) is 13.4. The lowest BCUT2D eigenvalue weighted by Crippen LogP contribution is -2.57. The van der Waals surface area contributed by atoms with E-state index in [0.29, 0.717) is 24.2 Å². The van der Waals surface area contributed by atoms with Crippen LogP contribution >= 0.6 is 24.0 Å². The molecule has 3 aliphatic rings. The lowest BCUT2D eigenvalue weighted by Gasteiger charge is -2.40. The molecule has 0 saturated carbocycles. The molecule has 4 rings (SSSR count). The van der Waals surface area contributed by atoms with Crippen molar-refractivity contribution in [3.05, 3.63) is 35.9 Å². The van der Waals surface area contributed by atoms with Crippen LogP contribution in [-0.2, 0) is 6.54 Å². The Morgan fingerprint density at radius 3 is 2.43 bits per heavy atom. The quantitative estimate of drug-likeness (QED) is 0.350. The predicted octanol–water partition coefficient (Wildman–Crippen LogP) is 2.21. The van der Waals surface area contributed by atoms with Crippen molar-refractivity contribution < 1.29 is 0 Å². The SMILES string of the molecule is CN=C(NCC1CN(C)CCN1C)NC1CC2CCC(C1)N2Cc1ccccc1.I. The van der Waals surface area contributed by atoms with Crippen molar-refractivity contribution in [2.45, 2.75) is 56.4 Å². The number of benzene rings is 1. The van der Waals surface area contributed by atoms with E-state index in [1.165, 1.54) is 31.2 Å². The minimum absolute atomic E-state index is 0. The van der Waals surface area contributed by atoms with Gasteiger partial charge in [-0.25, -0.2) is 0 Å². The van der Waals surface area contributed by atoms with E-state index in [0.717, 1.165) is 38.7 Å². The van der Waals surface area contributed by atoms with Crippen LogP contribution in [0.4, 0.5) is 0 Å². The van der Waals surface area contributed by atoms with Gasteiger partial charge < -0.3 is 15.5 Å². The van der Waals surface area contributed by atoms with Crippen molar-refractivity contribution in [1.29, 1.82) is 0 Å². The molecule has 30 heavy (non-hydrogen) atoms. The van der Waals surface area contributed by atoms with Gasteiger partial charge in [-0.15, -0.1) is 24.0 Å². The zero-order chi connectivity index (χ0) is 20.2. The number of rotatable bonds is 5. The summed E-state index contributed by atoms with van der Waals surface area (Å²) in [7, 11) is 6.34. The number of piperidine rings is 1. The van der Waals surface area contributed by atoms with E-state index < -0.39 is 0 Å². The number of aliphatic imine (C=N–C) groups is 1. The Morgan fingerprint density at radius 2 is 1.77 bits per heavy atom. The average Bonchev–Trinajstić information content (AvgIpc) is 2.96. The molecule has 3 saturated heterocycles. The van der Waals surface area contributed by atoms with E-state index in [1.807, 2.05) is 7.05 Å². The Kier molecular flexibility index (Phi) is 8.80. The molecular formula is C23H39IN6. The number of halogens is 1. The fourth-order valence-electron chi connectivity index (χ4n) is 5.37. The van der Waals surface area contributed by atoms with Crippen molar-refractivity contribution in [2.24, 2.45) is 4.99 Å². The van der Waals surface area contributed by atoms with Gasteiger partial charge >= 0.3 is 0 Å². The van der Waals surface area contributed by atoms with Gasteiger partial charge in [0.2, 0.25) is 0 Å². The van der Waals surface area contributed by atoms with Gasteiger partial charge in [-0.3, -0.25) is 14.8 Å². The Morgan fingerprint density at radius 1 is 1.07 bits per heavy atom. The highest BCUT2D eigenvalue weighted by molar-refractivity contribution is 14.0. The fraction of sp³-hybridized carbons (Fsp3) is 0.696. The topological polar surface area (TPSA) is 46.1 Å². The molecule has 168 valence electrons. The Bertz CT molecular complexity index is 670. The van der Waals surface area contributed by atoms with Gasteiger partial charge in [-0.2, -0.15) is 0 Å². The summed E-state index contributed by atoms with van der Waals surface area (Å²) in [5.74, 6) is 0.965. The lowest BCUT2D eigenvalue weighted by atomic mass is 9.96. The highest BCUT2D eigenvalue weighted by Crippen LogP contribution is 2.36. The largest absolute Gasteiger partial charge is 0.355 e. The molecule has 0 amide bonds. The van der Waals surface area contributed by atoms with Crippen LogP contribution in [0.3, 0.4) is 0 Å². The van der Waals surface area contributed by atoms with Crippen molar-refractivity contribution >= 4 is 29.9 Å². The van der Waals surface area contributed by atoms with Crippen LogP contribution in [0, 0.1) is 0 Å². The molecule has 3 fully saturated rings. The molecule has 6 nitrogen and oxygen atoms in total. The molecule has 3 unspecified atom stereocenters. The molecule has 0 spiro atoms. The maximum Gasteiger partial charge on any atom is 0.191 e. The molecule has 1 aromatic carbocycles. The molecule has 0 aromatic heterocycles. The van der Waals surface area contributed by atoms with Crippen LogP contribution in [0.2, 0.25) is 0 Å². The smallest absolute Gasteiger partial charge is 0.191 e. The Hall–Kier alpha value is -0.900. The molecule has 0 aliphatic carbocycles. The van der Waals surface area contributed by atoms with Crippen molar-refractivity contribution in [2.75, 3.05) is 47.3 Å². The number of fused-ring (bicyclic) bond motifs is 2. The van der Waals surface area contributed by atoms with E-state index in [9.17, 15) is 0 Å². The van der Waals surface area contributed by atoms with Gasteiger partial charge in [0.1, 0.15) is 0 Å². The zero-order valence-electron chi connectivity index (χ0n) is 18.8. The van der Waals surface area contributed by atoms with Crippen LogP contribution in [0.25, 0.3) is 0 Å². The Labute approximate surface area is 199 Å². The molecule has 3 heterocycles. The third-order valence-corrected chi connectivity index (χ3v) is 7.14. The highest BCUT2D eigenvalue weighted by atomic mass is 127. The minimum atomic E-state index is 0. The van der Waals surface area contributed by atoms with Crippen molar-refractivity contribution in [3.8, 4) is 0 Å². The normalized spacial score (nSPS) is 30.7.